The van der Waals surface area contributed by atoms with E-state index in [0.717, 1.165) is 25.7 Å². The van der Waals surface area contributed by atoms with E-state index in [1.54, 1.807) is 6.92 Å². The molecular formula is C38H71NO6. The van der Waals surface area contributed by atoms with Gasteiger partial charge in [0.15, 0.2) is 0 Å². The first-order chi connectivity index (χ1) is 21.7. The van der Waals surface area contributed by atoms with E-state index in [4.69, 9.17) is 0 Å². The summed E-state index contributed by atoms with van der Waals surface area (Å²) in [5.74, 6) is -4.94. The Bertz CT molecular complexity index is 710. The summed E-state index contributed by atoms with van der Waals surface area (Å²) in [6.07, 6.45) is 28.7. The van der Waals surface area contributed by atoms with Crippen LogP contribution in [0.4, 0.5) is 0 Å². The van der Waals surface area contributed by atoms with Gasteiger partial charge in [-0.25, -0.2) is 0 Å². The summed E-state index contributed by atoms with van der Waals surface area (Å²) >= 11 is 0. The van der Waals surface area contributed by atoms with Gasteiger partial charge in [-0.3, -0.25) is 9.59 Å². The molecule has 0 aromatic carbocycles. The summed E-state index contributed by atoms with van der Waals surface area (Å²) in [6.45, 7) is 10.6. The molecule has 7 nitrogen and oxygen atoms in total. The van der Waals surface area contributed by atoms with Crippen molar-refractivity contribution in [2.24, 2.45) is 17.8 Å². The number of carbonyl (C=O) groups is 3. The highest BCUT2D eigenvalue weighted by Crippen LogP contribution is 2.25. The summed E-state index contributed by atoms with van der Waals surface area (Å²) in [7, 11) is 0. The Morgan fingerprint density at radius 2 is 0.844 bits per heavy atom. The second-order valence-electron chi connectivity index (χ2n) is 13.7. The first-order valence-electron chi connectivity index (χ1n) is 18.8. The van der Waals surface area contributed by atoms with Crippen molar-refractivity contribution < 1.29 is 34.2 Å². The normalized spacial score (nSPS) is 14.8. The molecule has 3 atom stereocenters. The zero-order valence-electron chi connectivity index (χ0n) is 29.6. The van der Waals surface area contributed by atoms with E-state index in [1.165, 1.54) is 103 Å². The van der Waals surface area contributed by atoms with Crippen LogP contribution in [0, 0.1) is 17.8 Å². The summed E-state index contributed by atoms with van der Waals surface area (Å²) < 4.78 is 0.221. The molecule has 0 amide bonds. The molecule has 0 aromatic rings. The van der Waals surface area contributed by atoms with Gasteiger partial charge in [0.05, 0.1) is 32.1 Å². The third-order valence-electron chi connectivity index (χ3n) is 9.87. The first-order valence-corrected chi connectivity index (χ1v) is 18.8. The van der Waals surface area contributed by atoms with Crippen molar-refractivity contribution in [3.05, 3.63) is 12.7 Å². The summed E-state index contributed by atoms with van der Waals surface area (Å²) in [5.41, 5.74) is 0. The van der Waals surface area contributed by atoms with Crippen molar-refractivity contribution in [3.8, 4) is 0 Å². The molecule has 0 aliphatic heterocycles. The van der Waals surface area contributed by atoms with Gasteiger partial charge in [-0.05, 0) is 44.9 Å². The monoisotopic (exact) mass is 638 g/mol. The molecule has 0 aliphatic carbocycles. The number of nitrogens with zero attached hydrogens (tertiary/aromatic N) is 1. The number of hydrogen-bond donors (Lipinski definition) is 2. The predicted molar refractivity (Wildman–Crippen MR) is 184 cm³/mol. The quantitative estimate of drug-likeness (QED) is 0.0414. The summed E-state index contributed by atoms with van der Waals surface area (Å²) in [6, 6.07) is 0. The van der Waals surface area contributed by atoms with Crippen LogP contribution < -0.4 is 5.11 Å². The molecule has 0 fully saturated rings. The molecule has 0 aliphatic rings. The lowest BCUT2D eigenvalue weighted by Gasteiger charge is -2.44. The van der Waals surface area contributed by atoms with Gasteiger partial charge < -0.3 is 24.6 Å². The van der Waals surface area contributed by atoms with Gasteiger partial charge in [-0.1, -0.05) is 130 Å². The Morgan fingerprint density at radius 1 is 0.556 bits per heavy atom. The van der Waals surface area contributed by atoms with Crippen molar-refractivity contribution in [2.45, 2.75) is 168 Å². The smallest absolute Gasteiger partial charge is 0.312 e. The third kappa shape index (κ3) is 22.3. The minimum atomic E-state index is -1.14. The first kappa shape index (κ1) is 43.1. The second kappa shape index (κ2) is 28.3. The number of unbranched alkanes of at least 4 members (excludes halogenated alkanes) is 19. The Balaban J connectivity index is 4.44. The second-order valence-corrected chi connectivity index (χ2v) is 13.7. The van der Waals surface area contributed by atoms with Gasteiger partial charge in [-0.15, -0.1) is 6.58 Å². The Labute approximate surface area is 276 Å². The van der Waals surface area contributed by atoms with Gasteiger partial charge >= 0.3 is 11.9 Å². The fourth-order valence-corrected chi connectivity index (χ4v) is 6.78. The van der Waals surface area contributed by atoms with Crippen molar-refractivity contribution in [2.75, 3.05) is 26.2 Å². The average molecular weight is 638 g/mol. The largest absolute Gasteiger partial charge is 0.550 e. The van der Waals surface area contributed by atoms with Crippen LogP contribution in [0.25, 0.3) is 0 Å². The number of carbonyl (C=O) groups excluding carboxylic acids is 1. The van der Waals surface area contributed by atoms with Crippen molar-refractivity contribution >= 4 is 17.9 Å². The molecular weight excluding hydrogens is 566 g/mol. The summed E-state index contributed by atoms with van der Waals surface area (Å²) in [4.78, 5) is 35.9. The molecule has 45 heavy (non-hydrogen) atoms. The van der Waals surface area contributed by atoms with E-state index in [2.05, 4.69) is 6.58 Å². The Hall–Kier alpha value is -1.89. The zero-order valence-corrected chi connectivity index (χ0v) is 29.6. The maximum absolute atomic E-state index is 12.0. The van der Waals surface area contributed by atoms with Crippen LogP contribution in [0.5, 0.6) is 0 Å². The van der Waals surface area contributed by atoms with Crippen LogP contribution in [-0.2, 0) is 14.4 Å². The van der Waals surface area contributed by atoms with Gasteiger partial charge in [0.25, 0.3) is 0 Å². The number of hydrogen-bond acceptors (Lipinski definition) is 4. The van der Waals surface area contributed by atoms with Crippen LogP contribution in [0.3, 0.4) is 0 Å². The van der Waals surface area contributed by atoms with Crippen LogP contribution >= 0.6 is 0 Å². The zero-order chi connectivity index (χ0) is 33.8. The van der Waals surface area contributed by atoms with Gasteiger partial charge in [0.1, 0.15) is 11.8 Å². The molecule has 0 rings (SSSR count). The minimum Gasteiger partial charge on any atom is -0.550 e. The fourth-order valence-electron chi connectivity index (χ4n) is 6.78. The number of rotatable bonds is 34. The van der Waals surface area contributed by atoms with Gasteiger partial charge in [0, 0.05) is 5.92 Å². The molecule has 0 saturated carbocycles. The standard InChI is InChI=1S/C38H71NO6/c1-5-9-10-11-12-13-14-15-16-17-18-19-20-21-22-23-24-25-26-27-28-29-39(30-33(6-2)36(40)41,31-34(7-3)37(42)43)32-35(8-4)38(44)45/h5,33-35H,1,6-32H2,2-4H3,(H2-,40,41,42,43,44,45). The number of carboxylic acids is 3. The highest BCUT2D eigenvalue weighted by molar-refractivity contribution is 5.70. The van der Waals surface area contributed by atoms with Crippen molar-refractivity contribution in [3.63, 3.8) is 0 Å². The SMILES string of the molecule is C=CCCCCCCCCCCCCCCCCCCCCC[N+](CC(CC)C(=O)[O-])(CC(CC)C(=O)O)CC(CC)C(=O)O. The summed E-state index contributed by atoms with van der Waals surface area (Å²) in [5, 5.41) is 31.5. The predicted octanol–water partition coefficient (Wildman–Crippen LogP) is 8.79. The average Bonchev–Trinajstić information content (AvgIpc) is 3.01. The van der Waals surface area contributed by atoms with Crippen LogP contribution in [0.2, 0.25) is 0 Å². The molecule has 0 aromatic heterocycles. The highest BCUT2D eigenvalue weighted by Gasteiger charge is 2.39. The van der Waals surface area contributed by atoms with Gasteiger partial charge in [-0.2, -0.15) is 0 Å². The number of allylic oxidation sites excluding steroid dienone is 1. The Kier molecular flexibility index (Phi) is 27.2. The minimum absolute atomic E-state index is 0.221. The van der Waals surface area contributed by atoms with Crippen LogP contribution in [0.1, 0.15) is 168 Å². The molecule has 7 heteroatoms. The number of quaternary nitrogens is 1. The van der Waals surface area contributed by atoms with Crippen LogP contribution in [0.15, 0.2) is 12.7 Å². The van der Waals surface area contributed by atoms with Gasteiger partial charge in [0.2, 0.25) is 0 Å². The molecule has 0 radical (unpaired) electrons. The lowest BCUT2D eigenvalue weighted by molar-refractivity contribution is -0.935. The third-order valence-corrected chi connectivity index (χ3v) is 9.87. The van der Waals surface area contributed by atoms with E-state index in [0.29, 0.717) is 25.8 Å². The number of aliphatic carboxylic acids is 3. The molecule has 0 bridgehead atoms. The maximum Gasteiger partial charge on any atom is 0.312 e. The van der Waals surface area contributed by atoms with E-state index in [-0.39, 0.29) is 24.1 Å². The molecule has 3 unspecified atom stereocenters. The van der Waals surface area contributed by atoms with E-state index < -0.39 is 35.7 Å². The van der Waals surface area contributed by atoms with E-state index in [9.17, 15) is 29.7 Å². The highest BCUT2D eigenvalue weighted by atomic mass is 16.4. The topological polar surface area (TPSA) is 115 Å². The maximum atomic E-state index is 12.0. The Morgan fingerprint density at radius 3 is 1.11 bits per heavy atom. The van der Waals surface area contributed by atoms with Crippen LogP contribution in [-0.4, -0.2) is 58.8 Å². The molecule has 0 saturated heterocycles. The lowest BCUT2D eigenvalue weighted by atomic mass is 9.95. The van der Waals surface area contributed by atoms with Crippen molar-refractivity contribution in [1.29, 1.82) is 0 Å². The van der Waals surface area contributed by atoms with Crippen molar-refractivity contribution in [1.82, 2.24) is 0 Å². The lowest BCUT2D eigenvalue weighted by Crippen LogP contribution is -2.59. The number of carboxylic acid groups (broad SMARTS) is 3. The fraction of sp³-hybridized carbons (Fsp3) is 0.868. The van der Waals surface area contributed by atoms with E-state index in [1.807, 2.05) is 19.9 Å². The molecule has 2 N–H and O–H groups in total. The van der Waals surface area contributed by atoms with E-state index >= 15 is 0 Å². The molecule has 264 valence electrons. The molecule has 0 spiro atoms. The molecule has 0 heterocycles.